The van der Waals surface area contributed by atoms with Crippen molar-refractivity contribution in [2.45, 2.75) is 0 Å². The standard InChI is InChI=1S/C31H44N6O12/c1-2-7-33-30(45)24-3-5-25(6-4-24)49-31(46)48-19-18-47-17-8-32-26(38)20-34-9-11-35(21-27(39)40)13-15-37(23-29(43)44)16-14-36(12-10-34)22-28(41)42/h1,3-6H,7-23H2,(H,32,38)(H,33,45)(H,39,40)(H,41,42)(H,43,44). The summed E-state index contributed by atoms with van der Waals surface area (Å²) in [6.07, 6.45) is 4.15. The third kappa shape index (κ3) is 18.4. The smallest absolute Gasteiger partial charge is 0.480 e. The predicted molar refractivity (Wildman–Crippen MR) is 172 cm³/mol. The van der Waals surface area contributed by atoms with Gasteiger partial charge in [0, 0.05) is 64.5 Å². The first kappa shape index (κ1) is 40.4. The molecule has 0 bridgehead atoms. The lowest BCUT2D eigenvalue weighted by Gasteiger charge is -2.32. The van der Waals surface area contributed by atoms with E-state index in [1.165, 1.54) is 24.3 Å². The van der Waals surface area contributed by atoms with Crippen LogP contribution in [0.5, 0.6) is 5.75 Å². The second kappa shape index (κ2) is 22.7. The van der Waals surface area contributed by atoms with Crippen molar-refractivity contribution in [2.75, 3.05) is 111 Å². The molecule has 1 heterocycles. The Labute approximate surface area is 283 Å². The molecule has 0 atom stereocenters. The van der Waals surface area contributed by atoms with Crippen molar-refractivity contribution < 1.29 is 58.3 Å². The van der Waals surface area contributed by atoms with Crippen molar-refractivity contribution in [3.05, 3.63) is 29.8 Å². The predicted octanol–water partition coefficient (Wildman–Crippen LogP) is -1.83. The molecule has 0 spiro atoms. The SMILES string of the molecule is C#CCNC(=O)c1ccc(OC(=O)OCCOCCNC(=O)CN2CCN(CC(=O)O)CCN(CC(=O)O)CCN(CC(=O)O)CC2)cc1. The number of aliphatic carboxylic acids is 3. The molecule has 0 saturated carbocycles. The van der Waals surface area contributed by atoms with Gasteiger partial charge in [-0.2, -0.15) is 0 Å². The number of hydrogen-bond acceptors (Lipinski definition) is 13. The zero-order chi connectivity index (χ0) is 36.0. The number of carbonyl (C=O) groups is 6. The molecule has 2 amide bonds. The number of amides is 2. The van der Waals surface area contributed by atoms with Gasteiger partial charge in [-0.3, -0.25) is 43.6 Å². The number of rotatable bonds is 17. The molecule has 1 fully saturated rings. The summed E-state index contributed by atoms with van der Waals surface area (Å²) >= 11 is 0. The van der Waals surface area contributed by atoms with E-state index in [9.17, 15) is 44.1 Å². The molecule has 5 N–H and O–H groups in total. The summed E-state index contributed by atoms with van der Waals surface area (Å²) in [5.41, 5.74) is 0.340. The van der Waals surface area contributed by atoms with E-state index in [1.54, 1.807) is 19.6 Å². The van der Waals surface area contributed by atoms with E-state index >= 15 is 0 Å². The number of nitrogens with zero attached hydrogens (tertiary/aromatic N) is 4. The van der Waals surface area contributed by atoms with Gasteiger partial charge in [0.2, 0.25) is 5.91 Å². The molecule has 0 aliphatic carbocycles. The fraction of sp³-hybridized carbons (Fsp3) is 0.548. The number of nitrogens with one attached hydrogen (secondary N) is 2. The van der Waals surface area contributed by atoms with Gasteiger partial charge in [-0.25, -0.2) is 4.79 Å². The van der Waals surface area contributed by atoms with Crippen LogP contribution in [0.1, 0.15) is 10.4 Å². The van der Waals surface area contributed by atoms with E-state index in [1.807, 2.05) is 0 Å². The van der Waals surface area contributed by atoms with E-state index in [4.69, 9.17) is 20.6 Å². The second-order valence-corrected chi connectivity index (χ2v) is 10.9. The molecule has 1 aromatic carbocycles. The third-order valence-corrected chi connectivity index (χ3v) is 7.06. The Morgan fingerprint density at radius 2 is 1.14 bits per heavy atom. The number of carboxylic acids is 3. The minimum Gasteiger partial charge on any atom is -0.480 e. The van der Waals surface area contributed by atoms with Crippen molar-refractivity contribution in [1.29, 1.82) is 0 Å². The molecule has 1 aliphatic rings. The van der Waals surface area contributed by atoms with E-state index in [2.05, 4.69) is 16.6 Å². The molecule has 18 heteroatoms. The summed E-state index contributed by atoms with van der Waals surface area (Å²) in [4.78, 5) is 77.5. The van der Waals surface area contributed by atoms with E-state index < -0.39 is 24.1 Å². The van der Waals surface area contributed by atoms with Crippen LogP contribution in [0.15, 0.2) is 24.3 Å². The van der Waals surface area contributed by atoms with Crippen LogP contribution in [0.25, 0.3) is 0 Å². The first-order valence-corrected chi connectivity index (χ1v) is 15.5. The van der Waals surface area contributed by atoms with E-state index in [0.29, 0.717) is 31.7 Å². The molecule has 18 nitrogen and oxygen atoms in total. The van der Waals surface area contributed by atoms with Gasteiger partial charge < -0.3 is 40.2 Å². The maximum atomic E-state index is 12.7. The highest BCUT2D eigenvalue weighted by Crippen LogP contribution is 2.13. The lowest BCUT2D eigenvalue weighted by atomic mass is 10.2. The highest BCUT2D eigenvalue weighted by Gasteiger charge is 2.21. The number of carbonyl (C=O) groups excluding carboxylic acids is 3. The summed E-state index contributed by atoms with van der Waals surface area (Å²) in [6.45, 7) is 1.81. The average molecular weight is 693 g/mol. The molecule has 1 saturated heterocycles. The second-order valence-electron chi connectivity index (χ2n) is 10.9. The topological polar surface area (TPSA) is 228 Å². The van der Waals surface area contributed by atoms with Crippen LogP contribution in [-0.4, -0.2) is 182 Å². The Morgan fingerprint density at radius 3 is 1.59 bits per heavy atom. The van der Waals surface area contributed by atoms with Gasteiger partial charge in [-0.1, -0.05) is 5.92 Å². The molecule has 2 rings (SSSR count). The largest absolute Gasteiger partial charge is 0.513 e. The lowest BCUT2D eigenvalue weighted by Crippen LogP contribution is -2.50. The van der Waals surface area contributed by atoms with Gasteiger partial charge in [0.1, 0.15) is 12.4 Å². The number of benzene rings is 1. The van der Waals surface area contributed by atoms with Crippen molar-refractivity contribution in [3.8, 4) is 18.1 Å². The zero-order valence-electron chi connectivity index (χ0n) is 27.2. The lowest BCUT2D eigenvalue weighted by molar-refractivity contribution is -0.140. The average Bonchev–Trinajstić information content (AvgIpc) is 3.04. The van der Waals surface area contributed by atoms with Crippen molar-refractivity contribution in [3.63, 3.8) is 0 Å². The quantitative estimate of drug-likeness (QED) is 0.0524. The molecule has 0 radical (unpaired) electrons. The Balaban J connectivity index is 1.76. The van der Waals surface area contributed by atoms with Gasteiger partial charge in [0.15, 0.2) is 0 Å². The highest BCUT2D eigenvalue weighted by molar-refractivity contribution is 5.94. The maximum Gasteiger partial charge on any atom is 0.513 e. The van der Waals surface area contributed by atoms with Crippen LogP contribution in [-0.2, 0) is 28.7 Å². The molecular formula is C31H44N6O12. The van der Waals surface area contributed by atoms with Crippen LogP contribution >= 0.6 is 0 Å². The van der Waals surface area contributed by atoms with Crippen LogP contribution in [0.4, 0.5) is 4.79 Å². The summed E-state index contributed by atoms with van der Waals surface area (Å²) in [5, 5.41) is 33.2. The Kier molecular flexibility index (Phi) is 18.7. The molecule has 0 aromatic heterocycles. The van der Waals surface area contributed by atoms with Gasteiger partial charge in [-0.05, 0) is 24.3 Å². The molecule has 49 heavy (non-hydrogen) atoms. The molecule has 270 valence electrons. The molecule has 1 aromatic rings. The maximum absolute atomic E-state index is 12.7. The summed E-state index contributed by atoms with van der Waals surface area (Å²) in [5.74, 6) is -1.33. The number of hydrogen-bond donors (Lipinski definition) is 5. The highest BCUT2D eigenvalue weighted by atomic mass is 16.7. The van der Waals surface area contributed by atoms with Gasteiger partial charge >= 0.3 is 24.1 Å². The third-order valence-electron chi connectivity index (χ3n) is 7.06. The van der Waals surface area contributed by atoms with Gasteiger partial charge in [-0.15, -0.1) is 6.42 Å². The van der Waals surface area contributed by atoms with E-state index in [-0.39, 0.29) is 103 Å². The normalized spacial score (nSPS) is 15.5. The van der Waals surface area contributed by atoms with E-state index in [0.717, 1.165) is 0 Å². The number of ether oxygens (including phenoxy) is 3. The molecule has 0 unspecified atom stereocenters. The monoisotopic (exact) mass is 692 g/mol. The first-order chi connectivity index (χ1) is 23.4. The summed E-state index contributed by atoms with van der Waals surface area (Å²) in [7, 11) is 0. The Bertz CT molecular complexity index is 1260. The zero-order valence-corrected chi connectivity index (χ0v) is 27.2. The van der Waals surface area contributed by atoms with Gasteiger partial charge in [0.25, 0.3) is 5.91 Å². The Hall–Kier alpha value is -4.80. The fourth-order valence-corrected chi connectivity index (χ4v) is 4.63. The van der Waals surface area contributed by atoms with Crippen LogP contribution in [0.2, 0.25) is 0 Å². The summed E-state index contributed by atoms with van der Waals surface area (Å²) < 4.78 is 15.4. The number of terminal acetylenes is 1. The van der Waals surface area contributed by atoms with Crippen molar-refractivity contribution >= 4 is 35.9 Å². The van der Waals surface area contributed by atoms with Gasteiger partial charge in [0.05, 0.1) is 45.9 Å². The first-order valence-electron chi connectivity index (χ1n) is 15.5. The number of carboxylic acid groups (broad SMARTS) is 3. The van der Waals surface area contributed by atoms with Crippen molar-refractivity contribution in [2.24, 2.45) is 0 Å². The minimum atomic E-state index is -1.04. The molecule has 1 aliphatic heterocycles. The Morgan fingerprint density at radius 1 is 0.673 bits per heavy atom. The van der Waals surface area contributed by atoms with Crippen LogP contribution < -0.4 is 15.4 Å². The molecular weight excluding hydrogens is 648 g/mol. The van der Waals surface area contributed by atoms with Crippen molar-refractivity contribution in [1.82, 2.24) is 30.2 Å². The summed E-state index contributed by atoms with van der Waals surface area (Å²) in [6, 6.07) is 5.79. The minimum absolute atomic E-state index is 0.0293. The fourth-order valence-electron chi connectivity index (χ4n) is 4.63. The van der Waals surface area contributed by atoms with Crippen LogP contribution in [0, 0.1) is 12.3 Å². The van der Waals surface area contributed by atoms with Crippen LogP contribution in [0.3, 0.4) is 0 Å².